The number of ketones is 1. The molecule has 0 aliphatic rings. The van der Waals surface area contributed by atoms with Crippen LogP contribution >= 0.6 is 0 Å². The quantitative estimate of drug-likeness (QED) is 0.302. The minimum Gasteiger partial charge on any atom is -0.473 e. The molecule has 3 aromatic heterocycles. The number of aromatic nitrogens is 4. The fourth-order valence-electron chi connectivity index (χ4n) is 4.01. The van der Waals surface area contributed by atoms with Gasteiger partial charge in [0.25, 0.3) is 0 Å². The van der Waals surface area contributed by atoms with Crippen molar-refractivity contribution in [2.45, 2.75) is 52.7 Å². The van der Waals surface area contributed by atoms with Gasteiger partial charge in [0.05, 0.1) is 40.9 Å². The van der Waals surface area contributed by atoms with E-state index in [0.29, 0.717) is 16.8 Å². The van der Waals surface area contributed by atoms with E-state index in [0.717, 1.165) is 17.7 Å². The predicted octanol–water partition coefficient (Wildman–Crippen LogP) is 4.20. The number of aliphatic hydroxyl groups excluding tert-OH is 1. The number of pyridine rings is 1. The molecule has 3 N–H and O–H groups in total. The number of nitrogens with two attached hydrogens (primary N) is 1. The molecule has 0 unspecified atom stereocenters. The van der Waals surface area contributed by atoms with Crippen molar-refractivity contribution in [1.82, 2.24) is 19.8 Å². The number of fused-ring (bicyclic) bond motifs is 1. The first-order valence-corrected chi connectivity index (χ1v) is 11.9. The third-order valence-corrected chi connectivity index (χ3v) is 6.19. The van der Waals surface area contributed by atoms with Crippen molar-refractivity contribution < 1.29 is 27.8 Å². The summed E-state index contributed by atoms with van der Waals surface area (Å²) in [5, 5.41) is 22.4. The van der Waals surface area contributed by atoms with Gasteiger partial charge in [-0.2, -0.15) is 5.10 Å². The number of halogens is 2. The number of aryl methyl sites for hydroxylation is 2. The van der Waals surface area contributed by atoms with E-state index < -0.39 is 23.6 Å². The van der Waals surface area contributed by atoms with E-state index in [4.69, 9.17) is 14.9 Å². The van der Waals surface area contributed by atoms with Crippen LogP contribution in [0.3, 0.4) is 0 Å². The number of carbonyl (C=O) groups excluding carboxylic acids is 1. The Morgan fingerprint density at radius 2 is 1.84 bits per heavy atom. The Morgan fingerprint density at radius 3 is 2.49 bits per heavy atom. The zero-order valence-corrected chi connectivity index (χ0v) is 21.0. The van der Waals surface area contributed by atoms with Gasteiger partial charge in [-0.25, -0.2) is 13.3 Å². The molecule has 37 heavy (non-hydrogen) atoms. The van der Waals surface area contributed by atoms with E-state index in [1.54, 1.807) is 19.1 Å². The lowest BCUT2D eigenvalue weighted by molar-refractivity contribution is 0.0953. The molecule has 0 saturated carbocycles. The average Bonchev–Trinajstić information content (AvgIpc) is 3.46. The van der Waals surface area contributed by atoms with Crippen LogP contribution in [0.25, 0.3) is 5.52 Å². The monoisotopic (exact) mass is 513 g/mol. The van der Waals surface area contributed by atoms with Gasteiger partial charge in [0, 0.05) is 12.5 Å². The first kappa shape index (κ1) is 26.4. The largest absolute Gasteiger partial charge is 0.473 e. The number of ether oxygens (including phenoxy) is 1. The van der Waals surface area contributed by atoms with Crippen molar-refractivity contribution in [2.24, 2.45) is 11.7 Å². The summed E-state index contributed by atoms with van der Waals surface area (Å²) in [7, 11) is 0. The fraction of sp³-hybridized carbons (Fsp3) is 0.385. The Labute approximate surface area is 212 Å². The molecule has 4 rings (SSSR count). The first-order valence-electron chi connectivity index (χ1n) is 11.9. The normalized spacial score (nSPS) is 13.3. The van der Waals surface area contributed by atoms with Crippen molar-refractivity contribution in [3.8, 4) is 5.88 Å². The zero-order chi connectivity index (χ0) is 26.9. The maximum atomic E-state index is 14.1. The van der Waals surface area contributed by atoms with Crippen molar-refractivity contribution in [3.63, 3.8) is 0 Å². The Hall–Kier alpha value is -3.70. The lowest BCUT2D eigenvalue weighted by Crippen LogP contribution is -2.17. The number of rotatable bonds is 10. The number of carbonyl (C=O) groups is 1. The Balaban J connectivity index is 1.61. The summed E-state index contributed by atoms with van der Waals surface area (Å²) in [6.07, 6.45) is -0.109. The van der Waals surface area contributed by atoms with Crippen LogP contribution in [0, 0.1) is 31.4 Å². The third kappa shape index (κ3) is 5.37. The van der Waals surface area contributed by atoms with Gasteiger partial charge in [-0.3, -0.25) is 4.79 Å². The van der Waals surface area contributed by atoms with Crippen LogP contribution in [-0.4, -0.2) is 37.3 Å². The van der Waals surface area contributed by atoms with Gasteiger partial charge >= 0.3 is 0 Å². The highest BCUT2D eigenvalue weighted by Gasteiger charge is 2.28. The lowest BCUT2D eigenvalue weighted by Gasteiger charge is -2.12. The van der Waals surface area contributed by atoms with Crippen molar-refractivity contribution in [3.05, 3.63) is 76.1 Å². The summed E-state index contributed by atoms with van der Waals surface area (Å²) in [5.41, 5.74) is 7.86. The molecule has 196 valence electrons. The molecule has 2 atom stereocenters. The summed E-state index contributed by atoms with van der Waals surface area (Å²) >= 11 is 0. The molecule has 11 heteroatoms. The molecular weight excluding hydrogens is 484 g/mol. The van der Waals surface area contributed by atoms with E-state index in [9.17, 15) is 18.7 Å². The van der Waals surface area contributed by atoms with Crippen molar-refractivity contribution in [2.75, 3.05) is 6.61 Å². The highest BCUT2D eigenvalue weighted by atomic mass is 19.1. The molecule has 0 aliphatic carbocycles. The number of Topliss-reactive ketones (excluding diaryl/α,β-unsaturated/α-hetero) is 1. The third-order valence-electron chi connectivity index (χ3n) is 6.19. The molecule has 0 spiro atoms. The second-order valence-corrected chi connectivity index (χ2v) is 9.37. The summed E-state index contributed by atoms with van der Waals surface area (Å²) in [5.74, 6) is -1.80. The average molecular weight is 514 g/mol. The van der Waals surface area contributed by atoms with E-state index in [1.807, 2.05) is 20.8 Å². The highest BCUT2D eigenvalue weighted by Crippen LogP contribution is 2.29. The standard InChI is InChI=1S/C26H29F2N5O4/c1-13(2)24(29)26-31-30-25(37-26)16(11-34)10-21(35)23-15(4)32-33-20(23)8-14(3)9-22(33)36-12-17-18(27)6-5-7-19(17)28/h5-9,13,16,24,34H,10-12,29H2,1-4H3/t16-,24-/m0/s1. The number of nitrogens with zero attached hydrogens (tertiary/aromatic N) is 4. The molecule has 9 nitrogen and oxygen atoms in total. The van der Waals surface area contributed by atoms with Gasteiger partial charge < -0.3 is 20.0 Å². The zero-order valence-electron chi connectivity index (χ0n) is 21.0. The molecule has 1 aromatic carbocycles. The molecule has 0 amide bonds. The second kappa shape index (κ2) is 10.7. The summed E-state index contributed by atoms with van der Waals surface area (Å²) in [6, 6.07) is 6.57. The molecule has 0 aliphatic heterocycles. The Morgan fingerprint density at radius 1 is 1.16 bits per heavy atom. The van der Waals surface area contributed by atoms with Gasteiger partial charge in [-0.05, 0) is 43.5 Å². The minimum absolute atomic E-state index is 0.0680. The summed E-state index contributed by atoms with van der Waals surface area (Å²) in [6.45, 7) is 6.58. The van der Waals surface area contributed by atoms with Gasteiger partial charge in [0.15, 0.2) is 5.78 Å². The van der Waals surface area contributed by atoms with E-state index in [1.165, 1.54) is 10.6 Å². The molecule has 0 bridgehead atoms. The molecule has 3 heterocycles. The van der Waals surface area contributed by atoms with Crippen LogP contribution in [0.5, 0.6) is 5.88 Å². The maximum Gasteiger partial charge on any atom is 0.233 e. The van der Waals surface area contributed by atoms with Crippen molar-refractivity contribution >= 4 is 11.3 Å². The molecular formula is C26H29F2N5O4. The molecule has 0 fully saturated rings. The highest BCUT2D eigenvalue weighted by molar-refractivity contribution is 6.04. The van der Waals surface area contributed by atoms with Gasteiger partial charge in [-0.1, -0.05) is 19.9 Å². The van der Waals surface area contributed by atoms with Crippen molar-refractivity contribution in [1.29, 1.82) is 0 Å². The first-order chi connectivity index (χ1) is 17.6. The Kier molecular flexibility index (Phi) is 7.65. The summed E-state index contributed by atoms with van der Waals surface area (Å²) < 4.78 is 41.0. The van der Waals surface area contributed by atoms with Gasteiger partial charge in [-0.15, -0.1) is 10.2 Å². The van der Waals surface area contributed by atoms with Crippen LogP contribution < -0.4 is 10.5 Å². The molecule has 0 saturated heterocycles. The smallest absolute Gasteiger partial charge is 0.233 e. The summed E-state index contributed by atoms with van der Waals surface area (Å²) in [4.78, 5) is 13.4. The number of hydrogen-bond acceptors (Lipinski definition) is 8. The van der Waals surface area contributed by atoms with Crippen LogP contribution in [0.1, 0.15) is 71.2 Å². The van der Waals surface area contributed by atoms with E-state index in [-0.39, 0.29) is 54.6 Å². The maximum absolute atomic E-state index is 14.1. The van der Waals surface area contributed by atoms with E-state index >= 15 is 0 Å². The second-order valence-electron chi connectivity index (χ2n) is 9.37. The molecule has 4 aromatic rings. The van der Waals surface area contributed by atoms with Crippen LogP contribution in [0.2, 0.25) is 0 Å². The lowest BCUT2D eigenvalue weighted by atomic mass is 9.97. The fourth-order valence-corrected chi connectivity index (χ4v) is 4.01. The number of hydrogen-bond donors (Lipinski definition) is 2. The Bertz CT molecular complexity index is 1410. The van der Waals surface area contributed by atoms with Crippen LogP contribution in [0.4, 0.5) is 8.78 Å². The predicted molar refractivity (Wildman–Crippen MR) is 130 cm³/mol. The number of aliphatic hydroxyl groups is 1. The molecule has 0 radical (unpaired) electrons. The van der Waals surface area contributed by atoms with Crippen LogP contribution in [0.15, 0.2) is 34.7 Å². The SMILES string of the molecule is Cc1cc(OCc2c(F)cccc2F)n2nc(C)c(C(=O)C[C@@H](CO)c3nnc([C@@H](N)C(C)C)o3)c2c1. The van der Waals surface area contributed by atoms with E-state index in [2.05, 4.69) is 15.3 Å². The van der Waals surface area contributed by atoms with Gasteiger partial charge in [0.1, 0.15) is 18.2 Å². The van der Waals surface area contributed by atoms with Crippen LogP contribution in [-0.2, 0) is 6.61 Å². The number of benzene rings is 1. The minimum atomic E-state index is -0.730. The topological polar surface area (TPSA) is 129 Å². The van der Waals surface area contributed by atoms with Gasteiger partial charge in [0.2, 0.25) is 17.7 Å².